The summed E-state index contributed by atoms with van der Waals surface area (Å²) in [5.41, 5.74) is 0. The van der Waals surface area contributed by atoms with E-state index >= 15 is 0 Å². The van der Waals surface area contributed by atoms with Crippen molar-refractivity contribution >= 4 is 5.91 Å². The highest BCUT2D eigenvalue weighted by molar-refractivity contribution is 5.76. The Hall–Kier alpha value is -3.21. The number of allylic oxidation sites excluding steroid dienone is 20. The number of hydrogen-bond acceptors (Lipinski definition) is 3. The zero-order valence-electron chi connectivity index (χ0n) is 34.0. The molecule has 0 fully saturated rings. The van der Waals surface area contributed by atoms with Crippen molar-refractivity contribution in [2.75, 3.05) is 6.61 Å². The molecule has 2 atom stereocenters. The lowest BCUT2D eigenvalue weighted by Gasteiger charge is -2.22. The average Bonchev–Trinajstić information content (AvgIpc) is 3.16. The van der Waals surface area contributed by atoms with Crippen LogP contribution in [0.25, 0.3) is 0 Å². The molecule has 4 nitrogen and oxygen atoms in total. The lowest BCUT2D eigenvalue weighted by atomic mass is 10.0. The molecule has 0 aliphatic heterocycles. The summed E-state index contributed by atoms with van der Waals surface area (Å²) in [4.78, 5) is 12.3. The maximum Gasteiger partial charge on any atom is 0.220 e. The van der Waals surface area contributed by atoms with Gasteiger partial charge in [0, 0.05) is 6.42 Å². The fourth-order valence-electron chi connectivity index (χ4n) is 5.50. The Bertz CT molecular complexity index is 1100. The van der Waals surface area contributed by atoms with Crippen LogP contribution in [0.1, 0.15) is 162 Å². The first kappa shape index (κ1) is 49.8. The van der Waals surface area contributed by atoms with Gasteiger partial charge in [0.15, 0.2) is 0 Å². The van der Waals surface area contributed by atoms with Gasteiger partial charge in [0.25, 0.3) is 0 Å². The lowest BCUT2D eigenvalue weighted by Crippen LogP contribution is -2.45. The molecule has 0 aliphatic rings. The summed E-state index contributed by atoms with van der Waals surface area (Å²) in [6, 6.07) is -0.566. The van der Waals surface area contributed by atoms with E-state index in [0.29, 0.717) is 12.8 Å². The number of unbranched alkanes of at least 4 members (excludes halogenated alkanes) is 9. The molecule has 2 unspecified atom stereocenters. The highest BCUT2D eigenvalue weighted by Gasteiger charge is 2.19. The van der Waals surface area contributed by atoms with E-state index in [0.717, 1.165) is 96.3 Å². The Morgan fingerprint density at radius 1 is 0.472 bits per heavy atom. The van der Waals surface area contributed by atoms with Gasteiger partial charge in [-0.05, 0) is 89.9 Å². The van der Waals surface area contributed by atoms with Crippen molar-refractivity contribution in [1.82, 2.24) is 5.32 Å². The molecular weight excluding hydrogens is 651 g/mol. The Morgan fingerprint density at radius 2 is 0.830 bits per heavy atom. The second-order valence-corrected chi connectivity index (χ2v) is 13.7. The van der Waals surface area contributed by atoms with Crippen LogP contribution >= 0.6 is 0 Å². The zero-order valence-corrected chi connectivity index (χ0v) is 34.0. The summed E-state index contributed by atoms with van der Waals surface area (Å²) in [5, 5.41) is 22.9. The minimum absolute atomic E-state index is 0.0839. The maximum absolute atomic E-state index is 12.3. The van der Waals surface area contributed by atoms with Crippen LogP contribution in [0, 0.1) is 0 Å². The Morgan fingerprint density at radius 3 is 1.21 bits per heavy atom. The van der Waals surface area contributed by atoms with Crippen molar-refractivity contribution in [2.24, 2.45) is 0 Å². The molecule has 3 N–H and O–H groups in total. The highest BCUT2D eigenvalue weighted by Crippen LogP contribution is 2.12. The van der Waals surface area contributed by atoms with Crippen LogP contribution in [0.4, 0.5) is 0 Å². The van der Waals surface area contributed by atoms with Crippen LogP contribution in [-0.2, 0) is 4.79 Å². The van der Waals surface area contributed by atoms with Crippen LogP contribution < -0.4 is 5.32 Å². The number of carbonyl (C=O) groups is 1. The fraction of sp³-hybridized carbons (Fsp3) is 0.571. The van der Waals surface area contributed by atoms with Crippen molar-refractivity contribution in [3.8, 4) is 0 Å². The van der Waals surface area contributed by atoms with Gasteiger partial charge < -0.3 is 15.5 Å². The van der Waals surface area contributed by atoms with Crippen LogP contribution in [-0.4, -0.2) is 34.9 Å². The van der Waals surface area contributed by atoms with E-state index in [2.05, 4.69) is 141 Å². The molecule has 0 aliphatic carbocycles. The second-order valence-electron chi connectivity index (χ2n) is 13.7. The number of rotatable bonds is 36. The van der Waals surface area contributed by atoms with Crippen LogP contribution in [0.15, 0.2) is 122 Å². The van der Waals surface area contributed by atoms with Crippen molar-refractivity contribution in [1.29, 1.82) is 0 Å². The van der Waals surface area contributed by atoms with Gasteiger partial charge in [-0.1, -0.05) is 187 Å². The number of amides is 1. The number of aliphatic hydroxyl groups excluding tert-OH is 2. The lowest BCUT2D eigenvalue weighted by molar-refractivity contribution is -0.123. The van der Waals surface area contributed by atoms with E-state index < -0.39 is 12.1 Å². The topological polar surface area (TPSA) is 69.6 Å². The molecule has 0 saturated heterocycles. The number of carbonyl (C=O) groups excluding carboxylic acids is 1. The molecule has 53 heavy (non-hydrogen) atoms. The van der Waals surface area contributed by atoms with E-state index in [-0.39, 0.29) is 12.5 Å². The molecule has 0 spiro atoms. The van der Waals surface area contributed by atoms with Crippen molar-refractivity contribution in [3.05, 3.63) is 122 Å². The van der Waals surface area contributed by atoms with Gasteiger partial charge in [-0.15, -0.1) is 0 Å². The van der Waals surface area contributed by atoms with Crippen LogP contribution in [0.2, 0.25) is 0 Å². The maximum atomic E-state index is 12.3. The number of aliphatic hydroxyl groups is 2. The van der Waals surface area contributed by atoms with E-state index in [9.17, 15) is 15.0 Å². The summed E-state index contributed by atoms with van der Waals surface area (Å²) in [7, 11) is 0. The van der Waals surface area contributed by atoms with Gasteiger partial charge in [-0.25, -0.2) is 0 Å². The second kappa shape index (κ2) is 43.2. The molecule has 4 heteroatoms. The molecular formula is C49H79NO3. The average molecular weight is 730 g/mol. The minimum Gasteiger partial charge on any atom is -0.394 e. The summed E-state index contributed by atoms with van der Waals surface area (Å²) >= 11 is 0. The van der Waals surface area contributed by atoms with Gasteiger partial charge in [-0.3, -0.25) is 4.79 Å². The molecule has 0 aromatic heterocycles. The van der Waals surface area contributed by atoms with E-state index in [1.165, 1.54) is 38.5 Å². The fourth-order valence-corrected chi connectivity index (χ4v) is 5.50. The third-order valence-electron chi connectivity index (χ3n) is 8.74. The summed E-state index contributed by atoms with van der Waals surface area (Å²) in [6.45, 7) is 4.17. The molecule has 1 amide bonds. The molecule has 0 aromatic rings. The smallest absolute Gasteiger partial charge is 0.220 e. The first-order valence-electron chi connectivity index (χ1n) is 21.2. The Kier molecular flexibility index (Phi) is 40.6. The Labute approximate surface area is 327 Å². The Balaban J connectivity index is 3.74. The zero-order chi connectivity index (χ0) is 38.6. The van der Waals surface area contributed by atoms with Crippen molar-refractivity contribution in [3.63, 3.8) is 0 Å². The van der Waals surface area contributed by atoms with Crippen molar-refractivity contribution in [2.45, 2.75) is 174 Å². The molecule has 0 aromatic carbocycles. The molecule has 0 rings (SSSR count). The summed E-state index contributed by atoms with van der Waals surface area (Å²) < 4.78 is 0. The normalized spacial score (nSPS) is 14.3. The molecule has 0 bridgehead atoms. The number of nitrogens with one attached hydrogen (secondary N) is 1. The van der Waals surface area contributed by atoms with E-state index in [4.69, 9.17) is 0 Å². The third-order valence-corrected chi connectivity index (χ3v) is 8.74. The number of hydrogen-bond donors (Lipinski definition) is 3. The summed E-state index contributed by atoms with van der Waals surface area (Å²) in [5.74, 6) is -0.0839. The predicted molar refractivity (Wildman–Crippen MR) is 234 cm³/mol. The largest absolute Gasteiger partial charge is 0.394 e. The van der Waals surface area contributed by atoms with Crippen LogP contribution in [0.3, 0.4) is 0 Å². The van der Waals surface area contributed by atoms with Crippen LogP contribution in [0.5, 0.6) is 0 Å². The van der Waals surface area contributed by atoms with Gasteiger partial charge in [0.1, 0.15) is 0 Å². The third kappa shape index (κ3) is 39.8. The molecule has 0 radical (unpaired) electrons. The van der Waals surface area contributed by atoms with Gasteiger partial charge >= 0.3 is 0 Å². The summed E-state index contributed by atoms with van der Waals surface area (Å²) in [6.07, 6.45) is 67.1. The first-order valence-corrected chi connectivity index (χ1v) is 21.2. The SMILES string of the molecule is CC/C=C\C/C=C\C/C=C\C/C=C\C/C=C\C/C=C\C/C=C\C/C=C\C/C=C\C/C=C\CCCCC(=O)NC(CO)C(O)CCCCCCCCCC. The standard InChI is InChI=1S/C49H79NO3/c1-3-5-7-9-11-13-14-15-16-17-18-19-20-21-22-23-24-25-26-27-28-29-30-31-32-33-34-35-36-37-39-41-43-45-49(53)50-47(46-51)48(52)44-42-40-38-12-10-8-6-4-2/h5,7,11,13,15-16,18-19,21-22,24-25,27-28,30-31,33-34,36-37,47-48,51-52H,3-4,6,8-10,12,14,17,20,23,26,29,32,35,38-46H2,1-2H3,(H,50,53)/b7-5-,13-11-,16-15-,19-18-,22-21-,25-24-,28-27-,31-30-,34-33-,37-36-. The minimum atomic E-state index is -0.683. The first-order chi connectivity index (χ1) is 26.2. The van der Waals surface area contributed by atoms with Gasteiger partial charge in [-0.2, -0.15) is 0 Å². The molecule has 298 valence electrons. The van der Waals surface area contributed by atoms with E-state index in [1.54, 1.807) is 0 Å². The van der Waals surface area contributed by atoms with Gasteiger partial charge in [0.05, 0.1) is 18.8 Å². The van der Waals surface area contributed by atoms with E-state index in [1.807, 2.05) is 0 Å². The quantitative estimate of drug-likeness (QED) is 0.0444. The van der Waals surface area contributed by atoms with Gasteiger partial charge in [0.2, 0.25) is 5.91 Å². The highest BCUT2D eigenvalue weighted by atomic mass is 16.3. The predicted octanol–water partition coefficient (Wildman–Crippen LogP) is 13.4. The molecule has 0 heterocycles. The monoisotopic (exact) mass is 730 g/mol. The molecule has 0 saturated carbocycles. The van der Waals surface area contributed by atoms with Crippen molar-refractivity contribution < 1.29 is 15.0 Å².